The van der Waals surface area contributed by atoms with Gasteiger partial charge in [0.1, 0.15) is 23.5 Å². The normalized spacial score (nSPS) is 14.4. The molecule has 0 radical (unpaired) electrons. The minimum absolute atomic E-state index is 0.00450. The van der Waals surface area contributed by atoms with E-state index in [9.17, 15) is 10.5 Å². The average molecular weight is 657 g/mol. The van der Waals surface area contributed by atoms with Crippen molar-refractivity contribution in [3.8, 4) is 17.9 Å². The minimum Gasteiger partial charge on any atom is -0.492 e. The van der Waals surface area contributed by atoms with Gasteiger partial charge in [0.05, 0.1) is 18.3 Å². The summed E-state index contributed by atoms with van der Waals surface area (Å²) in [5, 5.41) is 25.7. The van der Waals surface area contributed by atoms with Crippen molar-refractivity contribution in [3.05, 3.63) is 122 Å². The van der Waals surface area contributed by atoms with E-state index >= 15 is 0 Å². The first-order chi connectivity index (χ1) is 23.1. The molecule has 0 aliphatic heterocycles. The number of thiophene rings is 1. The number of nitrogens with zero attached hydrogens (tertiary/aromatic N) is 4. The van der Waals surface area contributed by atoms with Crippen molar-refractivity contribution >= 4 is 29.8 Å². The summed E-state index contributed by atoms with van der Waals surface area (Å²) in [6, 6.07) is 24.9. The van der Waals surface area contributed by atoms with E-state index in [1.54, 1.807) is 11.3 Å². The van der Waals surface area contributed by atoms with Crippen LogP contribution in [-0.4, -0.2) is 13.3 Å². The molecular formula is C42H48N4OS. The second-order valence-electron chi connectivity index (χ2n) is 13.5. The highest BCUT2D eigenvalue weighted by molar-refractivity contribution is 7.13. The van der Waals surface area contributed by atoms with Crippen molar-refractivity contribution < 1.29 is 4.74 Å². The number of hydrogen-bond acceptors (Lipinski definition) is 6. The van der Waals surface area contributed by atoms with E-state index in [-0.39, 0.29) is 17.0 Å². The SMILES string of the molecule is C=NN(c1ccccc1)C(CCc1sc(/C=C/C2=CC(=C(C#N)C#N)C=C(C(C)(C)C)C2)c(C)c1OCCC(C)CC)c1ccccc1. The van der Waals surface area contributed by atoms with Crippen LogP contribution in [0.25, 0.3) is 6.08 Å². The standard InChI is InChI=1S/C42H48N4OS/c1-8-30(2)23-24-47-41-31(3)39(21-19-32-25-34(35(28-43)29-44)27-36(26-32)42(4,5)6)48-40(41)22-20-38(33-15-11-9-12-16-33)46(45-7)37-17-13-10-14-18-37/h9-19,21,25,27,30,38H,7-8,20,22-24,26H2,1-6H3/b21-19+. The van der Waals surface area contributed by atoms with Gasteiger partial charge < -0.3 is 4.74 Å². The van der Waals surface area contributed by atoms with E-state index in [2.05, 4.69) is 114 Å². The van der Waals surface area contributed by atoms with Gasteiger partial charge in [0.25, 0.3) is 0 Å². The van der Waals surface area contributed by atoms with E-state index < -0.39 is 0 Å². The van der Waals surface area contributed by atoms with Gasteiger partial charge in [-0.2, -0.15) is 15.6 Å². The Labute approximate surface area is 291 Å². The first-order valence-corrected chi connectivity index (χ1v) is 17.7. The van der Waals surface area contributed by atoms with Crippen molar-refractivity contribution in [1.82, 2.24) is 0 Å². The molecule has 0 fully saturated rings. The monoisotopic (exact) mass is 656 g/mol. The number of hydrazone groups is 1. The number of ether oxygens (including phenoxy) is 1. The molecular weight excluding hydrogens is 609 g/mol. The highest BCUT2D eigenvalue weighted by Crippen LogP contribution is 2.41. The highest BCUT2D eigenvalue weighted by Gasteiger charge is 2.24. The quantitative estimate of drug-likeness (QED) is 0.0983. The molecule has 6 heteroatoms. The number of anilines is 1. The average Bonchev–Trinajstić information content (AvgIpc) is 3.39. The van der Waals surface area contributed by atoms with Gasteiger partial charge in [0.2, 0.25) is 0 Å². The van der Waals surface area contributed by atoms with Gasteiger partial charge in [-0.25, -0.2) is 0 Å². The molecule has 1 aliphatic rings. The van der Waals surface area contributed by atoms with Crippen molar-refractivity contribution in [2.24, 2.45) is 16.4 Å². The molecule has 2 atom stereocenters. The van der Waals surface area contributed by atoms with E-state index in [1.165, 1.54) is 16.0 Å². The summed E-state index contributed by atoms with van der Waals surface area (Å²) in [6.07, 6.45) is 12.9. The fourth-order valence-electron chi connectivity index (χ4n) is 5.79. The molecule has 2 unspecified atom stereocenters. The summed E-state index contributed by atoms with van der Waals surface area (Å²) in [6.45, 7) is 17.8. The Balaban J connectivity index is 1.69. The zero-order valence-electron chi connectivity index (χ0n) is 29.3. The summed E-state index contributed by atoms with van der Waals surface area (Å²) in [7, 11) is 0. The summed E-state index contributed by atoms with van der Waals surface area (Å²) in [5.74, 6) is 1.59. The number of rotatable bonds is 14. The van der Waals surface area contributed by atoms with Crippen LogP contribution in [0.3, 0.4) is 0 Å². The molecule has 48 heavy (non-hydrogen) atoms. The van der Waals surface area contributed by atoms with Crippen LogP contribution in [0.1, 0.15) is 87.2 Å². The van der Waals surface area contributed by atoms with Crippen LogP contribution >= 0.6 is 11.3 Å². The Bertz CT molecular complexity index is 1740. The number of benzene rings is 2. The number of para-hydroxylation sites is 1. The number of nitriles is 2. The van der Waals surface area contributed by atoms with Crippen LogP contribution < -0.4 is 9.75 Å². The second-order valence-corrected chi connectivity index (χ2v) is 14.6. The lowest BCUT2D eigenvalue weighted by Gasteiger charge is -2.29. The maximum Gasteiger partial charge on any atom is 0.136 e. The first kappa shape index (κ1) is 36.2. The van der Waals surface area contributed by atoms with E-state index in [0.29, 0.717) is 18.1 Å². The molecule has 2 aromatic carbocycles. The third kappa shape index (κ3) is 9.24. The molecule has 0 saturated heterocycles. The van der Waals surface area contributed by atoms with Crippen LogP contribution in [-0.2, 0) is 6.42 Å². The van der Waals surface area contributed by atoms with Gasteiger partial charge in [-0.1, -0.05) is 107 Å². The largest absolute Gasteiger partial charge is 0.492 e. The zero-order valence-corrected chi connectivity index (χ0v) is 30.1. The van der Waals surface area contributed by atoms with Crippen LogP contribution in [0, 0.1) is 40.9 Å². The van der Waals surface area contributed by atoms with Crippen molar-refractivity contribution in [3.63, 3.8) is 0 Å². The fourth-order valence-corrected chi connectivity index (χ4v) is 6.96. The Morgan fingerprint density at radius 3 is 2.29 bits per heavy atom. The van der Waals surface area contributed by atoms with E-state index in [1.807, 2.05) is 41.4 Å². The topological polar surface area (TPSA) is 72.4 Å². The predicted octanol–water partition coefficient (Wildman–Crippen LogP) is 11.3. The molecule has 0 N–H and O–H groups in total. The highest BCUT2D eigenvalue weighted by atomic mass is 32.1. The Morgan fingerprint density at radius 1 is 1.02 bits per heavy atom. The van der Waals surface area contributed by atoms with Crippen LogP contribution in [0.5, 0.6) is 5.75 Å². The number of aryl methyl sites for hydroxylation is 1. The van der Waals surface area contributed by atoms with Gasteiger partial charge in [0.15, 0.2) is 0 Å². The van der Waals surface area contributed by atoms with Crippen molar-refractivity contribution in [2.45, 2.75) is 79.7 Å². The van der Waals surface area contributed by atoms with Crippen LogP contribution in [0.15, 0.2) is 106 Å². The molecule has 3 aromatic rings. The lowest BCUT2D eigenvalue weighted by Crippen LogP contribution is -2.23. The molecule has 0 bridgehead atoms. The molecule has 1 heterocycles. The number of hydrogen-bond donors (Lipinski definition) is 0. The van der Waals surface area contributed by atoms with Crippen LogP contribution in [0.4, 0.5) is 5.69 Å². The van der Waals surface area contributed by atoms with Gasteiger partial charge in [-0.05, 0) is 79.4 Å². The summed E-state index contributed by atoms with van der Waals surface area (Å²) in [4.78, 5) is 2.37. The van der Waals surface area contributed by atoms with Gasteiger partial charge in [-0.3, -0.25) is 5.01 Å². The Kier molecular flexibility index (Phi) is 12.8. The number of allylic oxidation sites excluding steroid dienone is 7. The Morgan fingerprint density at radius 2 is 1.69 bits per heavy atom. The van der Waals surface area contributed by atoms with Crippen molar-refractivity contribution in [2.75, 3.05) is 11.6 Å². The molecule has 4 rings (SSSR count). The van der Waals surface area contributed by atoms with Gasteiger partial charge in [-0.15, -0.1) is 11.3 Å². The lowest BCUT2D eigenvalue weighted by molar-refractivity contribution is 0.278. The zero-order chi connectivity index (χ0) is 34.7. The molecule has 0 amide bonds. The van der Waals surface area contributed by atoms with Gasteiger partial charge in [0, 0.05) is 27.6 Å². The predicted molar refractivity (Wildman–Crippen MR) is 202 cm³/mol. The maximum atomic E-state index is 9.60. The van der Waals surface area contributed by atoms with E-state index in [4.69, 9.17) is 4.74 Å². The first-order valence-electron chi connectivity index (χ1n) is 16.8. The molecule has 0 spiro atoms. The van der Waals surface area contributed by atoms with Gasteiger partial charge >= 0.3 is 0 Å². The van der Waals surface area contributed by atoms with Crippen LogP contribution in [0.2, 0.25) is 0 Å². The summed E-state index contributed by atoms with van der Waals surface area (Å²) >= 11 is 1.78. The second kappa shape index (κ2) is 17.0. The fraction of sp³-hybridized carbons (Fsp3) is 0.357. The van der Waals surface area contributed by atoms with Crippen molar-refractivity contribution in [1.29, 1.82) is 10.5 Å². The molecule has 1 aliphatic carbocycles. The lowest BCUT2D eigenvalue weighted by atomic mass is 9.78. The summed E-state index contributed by atoms with van der Waals surface area (Å²) in [5.41, 5.74) is 6.35. The smallest absolute Gasteiger partial charge is 0.136 e. The molecule has 248 valence electrons. The Hall–Kier alpha value is -4.65. The summed E-state index contributed by atoms with van der Waals surface area (Å²) < 4.78 is 6.59. The third-order valence-corrected chi connectivity index (χ3v) is 10.3. The molecule has 1 aromatic heterocycles. The third-order valence-electron chi connectivity index (χ3n) is 9.04. The molecule has 5 nitrogen and oxygen atoms in total. The van der Waals surface area contributed by atoms with E-state index in [0.717, 1.165) is 59.6 Å². The maximum absolute atomic E-state index is 9.60. The minimum atomic E-state index is -0.0828. The molecule has 0 saturated carbocycles.